The Hall–Kier alpha value is -1.73. The number of aromatic nitrogens is 4. The molecule has 0 saturated heterocycles. The van der Waals surface area contributed by atoms with Gasteiger partial charge < -0.3 is 5.73 Å². The molecule has 21 heavy (non-hydrogen) atoms. The molecule has 2 N–H and O–H groups in total. The summed E-state index contributed by atoms with van der Waals surface area (Å²) in [6.45, 7) is 1.99. The number of aryl methyl sites for hydroxylation is 1. The summed E-state index contributed by atoms with van der Waals surface area (Å²) >= 11 is 6.99. The van der Waals surface area contributed by atoms with Gasteiger partial charge in [-0.2, -0.15) is 4.68 Å². The van der Waals surface area contributed by atoms with E-state index in [1.165, 1.54) is 0 Å². The van der Waals surface area contributed by atoms with Crippen molar-refractivity contribution in [3.05, 3.63) is 50.9 Å². The van der Waals surface area contributed by atoms with E-state index >= 15 is 0 Å². The number of tetrazole rings is 1. The van der Waals surface area contributed by atoms with Crippen molar-refractivity contribution in [3.63, 3.8) is 0 Å². The van der Waals surface area contributed by atoms with Crippen LogP contribution in [-0.4, -0.2) is 20.2 Å². The topological polar surface area (TPSA) is 69.6 Å². The Labute approximate surface area is 138 Å². The van der Waals surface area contributed by atoms with Gasteiger partial charge in [-0.3, -0.25) is 0 Å². The second-order valence-electron chi connectivity index (χ2n) is 4.64. The summed E-state index contributed by atoms with van der Waals surface area (Å²) in [6, 6.07) is 11.6. The van der Waals surface area contributed by atoms with E-state index in [4.69, 9.17) is 5.73 Å². The average Bonchev–Trinajstić information content (AvgIpc) is 2.89. The number of nitrogens with zero attached hydrogens (tertiary/aromatic N) is 4. The molecule has 1 heterocycles. The predicted molar refractivity (Wildman–Crippen MR) is 89.1 cm³/mol. The van der Waals surface area contributed by atoms with Crippen molar-refractivity contribution in [2.24, 2.45) is 0 Å². The van der Waals surface area contributed by atoms with Crippen LogP contribution in [0.3, 0.4) is 0 Å². The lowest BCUT2D eigenvalue weighted by molar-refractivity contribution is 0.788. The van der Waals surface area contributed by atoms with Gasteiger partial charge in [-0.15, -0.1) is 5.10 Å². The van der Waals surface area contributed by atoms with Crippen LogP contribution in [0.4, 0.5) is 5.69 Å². The summed E-state index contributed by atoms with van der Waals surface area (Å²) in [5, 5.41) is 12.0. The number of hydrogen-bond donors (Lipinski definition) is 1. The van der Waals surface area contributed by atoms with Crippen molar-refractivity contribution in [2.45, 2.75) is 6.92 Å². The molecule has 2 aromatic carbocycles. The molecule has 0 aliphatic carbocycles. The van der Waals surface area contributed by atoms with Gasteiger partial charge in [-0.1, -0.05) is 15.9 Å². The highest BCUT2D eigenvalue weighted by Gasteiger charge is 2.14. The van der Waals surface area contributed by atoms with Crippen LogP contribution in [0.2, 0.25) is 0 Å². The van der Waals surface area contributed by atoms with E-state index < -0.39 is 0 Å². The first kappa shape index (κ1) is 14.2. The molecule has 0 fully saturated rings. The molecule has 5 nitrogen and oxygen atoms in total. The second-order valence-corrected chi connectivity index (χ2v) is 6.41. The number of nitrogen functional groups attached to an aromatic ring is 1. The quantitative estimate of drug-likeness (QED) is 0.655. The van der Waals surface area contributed by atoms with Gasteiger partial charge in [0.15, 0.2) is 5.82 Å². The van der Waals surface area contributed by atoms with Gasteiger partial charge in [0.25, 0.3) is 0 Å². The second kappa shape index (κ2) is 5.57. The van der Waals surface area contributed by atoms with Crippen molar-refractivity contribution >= 4 is 37.5 Å². The summed E-state index contributed by atoms with van der Waals surface area (Å²) in [5.74, 6) is 0.643. The van der Waals surface area contributed by atoms with Crippen LogP contribution < -0.4 is 5.73 Å². The van der Waals surface area contributed by atoms with Crippen molar-refractivity contribution in [2.75, 3.05) is 5.73 Å². The van der Waals surface area contributed by atoms with Crippen molar-refractivity contribution in [1.29, 1.82) is 0 Å². The number of rotatable bonds is 2. The van der Waals surface area contributed by atoms with Crippen LogP contribution in [-0.2, 0) is 0 Å². The minimum absolute atomic E-state index is 0.643. The summed E-state index contributed by atoms with van der Waals surface area (Å²) in [5.41, 5.74) is 9.39. The zero-order valence-corrected chi connectivity index (χ0v) is 14.3. The van der Waals surface area contributed by atoms with Gasteiger partial charge in [-0.05, 0) is 75.2 Å². The lowest BCUT2D eigenvalue weighted by Gasteiger charge is -2.08. The molecule has 0 bridgehead atoms. The predicted octanol–water partition coefficient (Wildman–Crippen LogP) is 3.74. The largest absolute Gasteiger partial charge is 0.399 e. The SMILES string of the molecule is Cc1cc(N)cc(-c2nnnn2-c2cc(Br)ccc2Br)c1. The van der Waals surface area contributed by atoms with Crippen LogP contribution in [0.1, 0.15) is 5.56 Å². The van der Waals surface area contributed by atoms with E-state index in [2.05, 4.69) is 47.4 Å². The first-order valence-corrected chi connectivity index (χ1v) is 7.74. The molecule has 0 spiro atoms. The monoisotopic (exact) mass is 407 g/mol. The molecule has 106 valence electrons. The molecule has 0 unspecified atom stereocenters. The van der Waals surface area contributed by atoms with Gasteiger partial charge in [-0.25, -0.2) is 0 Å². The average molecular weight is 409 g/mol. The third-order valence-electron chi connectivity index (χ3n) is 2.96. The Bertz CT molecular complexity index is 793. The van der Waals surface area contributed by atoms with Crippen LogP contribution in [0.25, 0.3) is 17.1 Å². The summed E-state index contributed by atoms with van der Waals surface area (Å²) < 4.78 is 3.54. The highest BCUT2D eigenvalue weighted by atomic mass is 79.9. The third-order valence-corrected chi connectivity index (χ3v) is 4.13. The standard InChI is InChI=1S/C14H11Br2N5/c1-8-4-9(6-11(17)5-8)14-18-19-20-21(14)13-7-10(15)2-3-12(13)16/h2-7H,17H2,1H3. The van der Waals surface area contributed by atoms with Crippen molar-refractivity contribution in [3.8, 4) is 17.1 Å². The maximum Gasteiger partial charge on any atom is 0.187 e. The zero-order chi connectivity index (χ0) is 15.0. The summed E-state index contributed by atoms with van der Waals surface area (Å²) in [6.07, 6.45) is 0. The van der Waals surface area contributed by atoms with Crippen molar-refractivity contribution < 1.29 is 0 Å². The summed E-state index contributed by atoms with van der Waals surface area (Å²) in [7, 11) is 0. The highest BCUT2D eigenvalue weighted by molar-refractivity contribution is 9.11. The van der Waals surface area contributed by atoms with E-state index in [1.54, 1.807) is 4.68 Å². The number of anilines is 1. The minimum Gasteiger partial charge on any atom is -0.399 e. The molecule has 0 aliphatic heterocycles. The highest BCUT2D eigenvalue weighted by Crippen LogP contribution is 2.28. The van der Waals surface area contributed by atoms with Crippen LogP contribution in [0.5, 0.6) is 0 Å². The zero-order valence-electron chi connectivity index (χ0n) is 11.1. The Morgan fingerprint density at radius 3 is 2.67 bits per heavy atom. The lowest BCUT2D eigenvalue weighted by Crippen LogP contribution is -2.01. The fourth-order valence-electron chi connectivity index (χ4n) is 2.12. The van der Waals surface area contributed by atoms with E-state index in [-0.39, 0.29) is 0 Å². The molecule has 0 aliphatic rings. The van der Waals surface area contributed by atoms with Crippen molar-refractivity contribution in [1.82, 2.24) is 20.2 Å². The maximum atomic E-state index is 5.91. The van der Waals surface area contributed by atoms with Gasteiger partial charge in [0.1, 0.15) is 0 Å². The number of benzene rings is 2. The van der Waals surface area contributed by atoms with Gasteiger partial charge in [0.05, 0.1) is 5.69 Å². The Morgan fingerprint density at radius 1 is 1.10 bits per heavy atom. The molecular weight excluding hydrogens is 398 g/mol. The minimum atomic E-state index is 0.643. The van der Waals surface area contributed by atoms with E-state index in [0.717, 1.165) is 25.8 Å². The lowest BCUT2D eigenvalue weighted by atomic mass is 10.1. The fraction of sp³-hybridized carbons (Fsp3) is 0.0714. The Morgan fingerprint density at radius 2 is 1.90 bits per heavy atom. The van der Waals surface area contributed by atoms with E-state index in [1.807, 2.05) is 43.3 Å². The first-order valence-electron chi connectivity index (χ1n) is 6.16. The molecule has 3 rings (SSSR count). The van der Waals surface area contributed by atoms with E-state index in [0.29, 0.717) is 11.5 Å². The van der Waals surface area contributed by atoms with Gasteiger partial charge in [0, 0.05) is 20.2 Å². The molecule has 7 heteroatoms. The Balaban J connectivity index is 2.19. The van der Waals surface area contributed by atoms with Crippen LogP contribution in [0.15, 0.2) is 45.3 Å². The third kappa shape index (κ3) is 2.84. The smallest absolute Gasteiger partial charge is 0.187 e. The summed E-state index contributed by atoms with van der Waals surface area (Å²) in [4.78, 5) is 0. The fourth-order valence-corrected chi connectivity index (χ4v) is 2.88. The van der Waals surface area contributed by atoms with Crippen LogP contribution in [0, 0.1) is 6.92 Å². The van der Waals surface area contributed by atoms with Crippen LogP contribution >= 0.6 is 31.9 Å². The number of hydrogen-bond acceptors (Lipinski definition) is 4. The van der Waals surface area contributed by atoms with E-state index in [9.17, 15) is 0 Å². The molecule has 1 aromatic heterocycles. The molecule has 0 radical (unpaired) electrons. The van der Waals surface area contributed by atoms with Gasteiger partial charge >= 0.3 is 0 Å². The maximum absolute atomic E-state index is 5.91. The molecule has 0 saturated carbocycles. The normalized spacial score (nSPS) is 10.8. The number of halogens is 2. The first-order chi connectivity index (χ1) is 10.0. The molecule has 3 aromatic rings. The Kier molecular flexibility index (Phi) is 3.77. The molecule has 0 atom stereocenters. The van der Waals surface area contributed by atoms with Gasteiger partial charge in [0.2, 0.25) is 0 Å². The number of nitrogens with two attached hydrogens (primary N) is 1. The molecule has 0 amide bonds. The molecular formula is C14H11Br2N5.